The van der Waals surface area contributed by atoms with Gasteiger partial charge in [-0.15, -0.1) is 0 Å². The lowest BCUT2D eigenvalue weighted by Crippen LogP contribution is -2.23. The summed E-state index contributed by atoms with van der Waals surface area (Å²) >= 11 is 0. The summed E-state index contributed by atoms with van der Waals surface area (Å²) in [5, 5.41) is 18.5. The molecule has 164 valence electrons. The van der Waals surface area contributed by atoms with Crippen molar-refractivity contribution in [1.82, 2.24) is 0 Å². The van der Waals surface area contributed by atoms with Crippen LogP contribution in [0, 0.1) is 31.6 Å². The van der Waals surface area contributed by atoms with E-state index in [1.165, 1.54) is 27.8 Å². The smallest absolute Gasteiger partial charge is 0.309 e. The van der Waals surface area contributed by atoms with E-state index in [9.17, 15) is 19.8 Å². The normalized spacial score (nSPS) is 12.2. The molecule has 0 unspecified atom stereocenters. The maximum atomic E-state index is 11.3. The molecule has 1 aromatic rings. The van der Waals surface area contributed by atoms with Crippen LogP contribution in [0.2, 0.25) is 0 Å². The van der Waals surface area contributed by atoms with E-state index in [2.05, 4.69) is 26.8 Å². The van der Waals surface area contributed by atoms with Gasteiger partial charge in [-0.2, -0.15) is 0 Å². The Balaban J connectivity index is 2.71. The van der Waals surface area contributed by atoms with Crippen LogP contribution < -0.4 is 0 Å². The van der Waals surface area contributed by atoms with Crippen LogP contribution in [0.4, 0.5) is 0 Å². The first-order chi connectivity index (χ1) is 13.3. The predicted molar refractivity (Wildman–Crippen MR) is 119 cm³/mol. The second-order valence-electron chi connectivity index (χ2n) is 9.86. The standard InChI is InChI=1S/C25H40O4/c1-17-18(2)20(12-8-10-14-24(4,5)22(26)27)16-21(19(17)3)13-9-11-15-25(6,7)23(28)29/h16H,8-15H2,1-7H3,(H,26,27)(H,28,29). The van der Waals surface area contributed by atoms with Crippen molar-refractivity contribution >= 4 is 11.9 Å². The topological polar surface area (TPSA) is 74.6 Å². The molecule has 0 radical (unpaired) electrons. The summed E-state index contributed by atoms with van der Waals surface area (Å²) in [6.07, 6.45) is 7.13. The van der Waals surface area contributed by atoms with E-state index in [0.29, 0.717) is 12.8 Å². The number of hydrogen-bond donors (Lipinski definition) is 2. The quantitative estimate of drug-likeness (QED) is 0.403. The average Bonchev–Trinajstić information content (AvgIpc) is 2.62. The number of unbranched alkanes of at least 4 members (excludes halogenated alkanes) is 2. The van der Waals surface area contributed by atoms with Gasteiger partial charge < -0.3 is 10.2 Å². The first-order valence-corrected chi connectivity index (χ1v) is 10.8. The Morgan fingerprint density at radius 1 is 0.690 bits per heavy atom. The van der Waals surface area contributed by atoms with Gasteiger partial charge in [0.25, 0.3) is 0 Å². The third kappa shape index (κ3) is 7.17. The predicted octanol–water partition coefficient (Wildman–Crippen LogP) is 6.26. The maximum Gasteiger partial charge on any atom is 0.309 e. The van der Waals surface area contributed by atoms with Crippen LogP contribution in [0.25, 0.3) is 0 Å². The molecular weight excluding hydrogens is 364 g/mol. The number of carboxylic acid groups (broad SMARTS) is 2. The van der Waals surface area contributed by atoms with Crippen molar-refractivity contribution in [2.45, 2.75) is 99.8 Å². The van der Waals surface area contributed by atoms with Gasteiger partial charge in [0.15, 0.2) is 0 Å². The average molecular weight is 405 g/mol. The molecular formula is C25H40O4. The number of carbonyl (C=O) groups is 2. The highest BCUT2D eigenvalue weighted by molar-refractivity contribution is 5.73. The van der Waals surface area contributed by atoms with Crippen LogP contribution in [-0.2, 0) is 22.4 Å². The van der Waals surface area contributed by atoms with E-state index >= 15 is 0 Å². The molecule has 0 aliphatic heterocycles. The van der Waals surface area contributed by atoms with Gasteiger partial charge >= 0.3 is 11.9 Å². The summed E-state index contributed by atoms with van der Waals surface area (Å²) in [5.41, 5.74) is 5.44. The van der Waals surface area contributed by atoms with Gasteiger partial charge in [0.2, 0.25) is 0 Å². The van der Waals surface area contributed by atoms with Gasteiger partial charge in [0.05, 0.1) is 10.8 Å². The number of hydrogen-bond acceptors (Lipinski definition) is 2. The summed E-state index contributed by atoms with van der Waals surface area (Å²) < 4.78 is 0. The van der Waals surface area contributed by atoms with Gasteiger partial charge in [0, 0.05) is 0 Å². The first kappa shape index (κ1) is 25.2. The summed E-state index contributed by atoms with van der Waals surface area (Å²) in [4.78, 5) is 22.5. The van der Waals surface area contributed by atoms with Gasteiger partial charge in [-0.1, -0.05) is 18.9 Å². The molecule has 4 nitrogen and oxygen atoms in total. The van der Waals surface area contributed by atoms with Crippen molar-refractivity contribution in [3.8, 4) is 0 Å². The molecule has 0 bridgehead atoms. The number of rotatable bonds is 12. The largest absolute Gasteiger partial charge is 0.481 e. The molecule has 0 heterocycles. The summed E-state index contributed by atoms with van der Waals surface area (Å²) in [6.45, 7) is 13.7. The number of carboxylic acids is 2. The Hall–Kier alpha value is -1.84. The van der Waals surface area contributed by atoms with Gasteiger partial charge in [-0.05, 0) is 115 Å². The number of aryl methyl sites for hydroxylation is 2. The number of aliphatic carboxylic acids is 2. The second kappa shape index (κ2) is 10.3. The Bertz CT molecular complexity index is 671. The zero-order valence-electron chi connectivity index (χ0n) is 19.4. The summed E-state index contributed by atoms with van der Waals surface area (Å²) in [6, 6.07) is 2.32. The fourth-order valence-electron chi connectivity index (χ4n) is 3.69. The lowest BCUT2D eigenvalue weighted by molar-refractivity contribution is -0.148. The van der Waals surface area contributed by atoms with Crippen molar-refractivity contribution < 1.29 is 19.8 Å². The molecule has 0 amide bonds. The molecule has 0 spiro atoms. The molecule has 0 saturated heterocycles. The minimum Gasteiger partial charge on any atom is -0.481 e. The Kier molecular flexibility index (Phi) is 8.92. The molecule has 0 aliphatic rings. The highest BCUT2D eigenvalue weighted by atomic mass is 16.4. The van der Waals surface area contributed by atoms with Gasteiger partial charge in [-0.3, -0.25) is 9.59 Å². The molecule has 0 atom stereocenters. The van der Waals surface area contributed by atoms with Crippen molar-refractivity contribution in [3.05, 3.63) is 33.9 Å². The Morgan fingerprint density at radius 3 is 1.34 bits per heavy atom. The lowest BCUT2D eigenvalue weighted by atomic mass is 9.85. The zero-order chi connectivity index (χ0) is 22.4. The van der Waals surface area contributed by atoms with Gasteiger partial charge in [0.1, 0.15) is 0 Å². The number of benzene rings is 1. The lowest BCUT2D eigenvalue weighted by Gasteiger charge is -2.20. The van der Waals surface area contributed by atoms with E-state index in [-0.39, 0.29) is 0 Å². The monoisotopic (exact) mass is 404 g/mol. The van der Waals surface area contributed by atoms with Crippen molar-refractivity contribution in [2.75, 3.05) is 0 Å². The fraction of sp³-hybridized carbons (Fsp3) is 0.680. The zero-order valence-corrected chi connectivity index (χ0v) is 19.4. The van der Waals surface area contributed by atoms with Crippen LogP contribution in [0.3, 0.4) is 0 Å². The third-order valence-corrected chi connectivity index (χ3v) is 6.59. The van der Waals surface area contributed by atoms with Crippen LogP contribution in [0.5, 0.6) is 0 Å². The van der Waals surface area contributed by atoms with Crippen LogP contribution in [0.1, 0.15) is 94.0 Å². The SMILES string of the molecule is Cc1c(CCCCC(C)(C)C(=O)O)cc(CCCCC(C)(C)C(=O)O)c(C)c1C. The van der Waals surface area contributed by atoms with Crippen LogP contribution in [0.15, 0.2) is 6.07 Å². The molecule has 0 aromatic heterocycles. The molecule has 4 heteroatoms. The van der Waals surface area contributed by atoms with E-state index in [1.54, 1.807) is 27.7 Å². The molecule has 0 aliphatic carbocycles. The fourth-order valence-corrected chi connectivity index (χ4v) is 3.69. The van der Waals surface area contributed by atoms with E-state index in [1.807, 2.05) is 0 Å². The molecule has 1 rings (SSSR count). The van der Waals surface area contributed by atoms with Gasteiger partial charge in [-0.25, -0.2) is 0 Å². The van der Waals surface area contributed by atoms with E-state index in [0.717, 1.165) is 38.5 Å². The molecule has 2 N–H and O–H groups in total. The molecule has 1 aromatic carbocycles. The summed E-state index contributed by atoms with van der Waals surface area (Å²) in [5.74, 6) is -1.46. The van der Waals surface area contributed by atoms with Crippen molar-refractivity contribution in [3.63, 3.8) is 0 Å². The highest BCUT2D eigenvalue weighted by Crippen LogP contribution is 2.28. The minimum absolute atomic E-state index is 0.660. The summed E-state index contributed by atoms with van der Waals surface area (Å²) in [7, 11) is 0. The maximum absolute atomic E-state index is 11.3. The molecule has 0 saturated carbocycles. The van der Waals surface area contributed by atoms with Crippen LogP contribution in [-0.4, -0.2) is 22.2 Å². The second-order valence-corrected chi connectivity index (χ2v) is 9.86. The van der Waals surface area contributed by atoms with E-state index < -0.39 is 22.8 Å². The molecule has 29 heavy (non-hydrogen) atoms. The van der Waals surface area contributed by atoms with Crippen LogP contribution >= 0.6 is 0 Å². The third-order valence-electron chi connectivity index (χ3n) is 6.59. The van der Waals surface area contributed by atoms with Crippen molar-refractivity contribution in [2.24, 2.45) is 10.8 Å². The molecule has 0 fully saturated rings. The Labute approximate surface area is 176 Å². The van der Waals surface area contributed by atoms with E-state index in [4.69, 9.17) is 0 Å². The van der Waals surface area contributed by atoms with Crippen molar-refractivity contribution in [1.29, 1.82) is 0 Å². The highest BCUT2D eigenvalue weighted by Gasteiger charge is 2.27. The first-order valence-electron chi connectivity index (χ1n) is 10.8. The Morgan fingerprint density at radius 2 is 1.03 bits per heavy atom. The minimum atomic E-state index is -0.728.